The van der Waals surface area contributed by atoms with E-state index in [4.69, 9.17) is 16.7 Å². The monoisotopic (exact) mass is 431 g/mol. The number of hydrazone groups is 1. The highest BCUT2D eigenvalue weighted by atomic mass is 35.5. The Hall–Kier alpha value is -3.10. The molecule has 7 nitrogen and oxygen atoms in total. The van der Waals surface area contributed by atoms with Crippen molar-refractivity contribution in [2.24, 2.45) is 11.0 Å². The third kappa shape index (κ3) is 4.90. The standard InChI is InChI=1S/C21H19ClFN3O4/c22-14-6-4-13(5-7-14)19-11-18(20(29)24-16(12-28)8-9-27)21(30)26(25-19)17-3-1-2-15(23)10-17/h1-7,10,12,16,18,27H,8-9,11H2,(H,24,29). The zero-order chi connectivity index (χ0) is 21.7. The van der Waals surface area contributed by atoms with Gasteiger partial charge in [-0.1, -0.05) is 29.8 Å². The molecular weight excluding hydrogens is 413 g/mol. The first kappa shape index (κ1) is 21.6. The van der Waals surface area contributed by atoms with Gasteiger partial charge in [0.05, 0.1) is 17.4 Å². The minimum atomic E-state index is -1.18. The molecule has 2 unspecified atom stereocenters. The van der Waals surface area contributed by atoms with Gasteiger partial charge in [-0.3, -0.25) is 9.59 Å². The molecule has 1 heterocycles. The number of nitrogens with zero attached hydrogens (tertiary/aromatic N) is 2. The van der Waals surface area contributed by atoms with Crippen molar-refractivity contribution < 1.29 is 23.9 Å². The van der Waals surface area contributed by atoms with Gasteiger partial charge >= 0.3 is 0 Å². The Morgan fingerprint density at radius 1 is 1.33 bits per heavy atom. The van der Waals surface area contributed by atoms with Gasteiger partial charge in [-0.2, -0.15) is 10.1 Å². The van der Waals surface area contributed by atoms with Crippen molar-refractivity contribution in [3.8, 4) is 0 Å². The van der Waals surface area contributed by atoms with Crippen LogP contribution in [0.25, 0.3) is 0 Å². The summed E-state index contributed by atoms with van der Waals surface area (Å²) in [5.41, 5.74) is 1.25. The maximum absolute atomic E-state index is 13.7. The number of hydrogen-bond acceptors (Lipinski definition) is 5. The predicted molar refractivity (Wildman–Crippen MR) is 110 cm³/mol. The molecule has 156 valence electrons. The topological polar surface area (TPSA) is 99.1 Å². The van der Waals surface area contributed by atoms with Crippen LogP contribution in [0.5, 0.6) is 0 Å². The van der Waals surface area contributed by atoms with Crippen molar-refractivity contribution in [1.82, 2.24) is 5.32 Å². The highest BCUT2D eigenvalue weighted by Crippen LogP contribution is 2.27. The van der Waals surface area contributed by atoms with Crippen molar-refractivity contribution in [2.75, 3.05) is 11.6 Å². The third-order valence-corrected chi connectivity index (χ3v) is 4.86. The zero-order valence-electron chi connectivity index (χ0n) is 15.8. The molecule has 0 bridgehead atoms. The van der Waals surface area contributed by atoms with Crippen LogP contribution in [0.4, 0.5) is 10.1 Å². The summed E-state index contributed by atoms with van der Waals surface area (Å²) in [5, 5.41) is 17.3. The second kappa shape index (κ2) is 9.60. The Labute approximate surface area is 177 Å². The number of rotatable bonds is 7. The number of nitrogens with one attached hydrogen (secondary N) is 1. The van der Waals surface area contributed by atoms with Crippen LogP contribution in [0.15, 0.2) is 53.6 Å². The van der Waals surface area contributed by atoms with Gasteiger partial charge in [0.1, 0.15) is 18.0 Å². The quantitative estimate of drug-likeness (QED) is 0.519. The lowest BCUT2D eigenvalue weighted by atomic mass is 9.93. The van der Waals surface area contributed by atoms with Crippen molar-refractivity contribution in [2.45, 2.75) is 18.9 Å². The lowest BCUT2D eigenvalue weighted by molar-refractivity contribution is -0.135. The number of carbonyl (C=O) groups excluding carboxylic acids is 3. The fourth-order valence-corrected chi connectivity index (χ4v) is 3.18. The number of aliphatic hydroxyl groups excluding tert-OH is 1. The molecule has 30 heavy (non-hydrogen) atoms. The first-order valence-electron chi connectivity index (χ1n) is 9.22. The molecule has 1 aliphatic heterocycles. The average molecular weight is 432 g/mol. The minimum absolute atomic E-state index is 0.0111. The maximum Gasteiger partial charge on any atom is 0.260 e. The van der Waals surface area contributed by atoms with E-state index in [0.29, 0.717) is 22.6 Å². The van der Waals surface area contributed by atoms with Gasteiger partial charge in [-0.15, -0.1) is 0 Å². The van der Waals surface area contributed by atoms with E-state index in [1.165, 1.54) is 18.2 Å². The summed E-state index contributed by atoms with van der Waals surface area (Å²) in [4.78, 5) is 36.9. The molecule has 2 aromatic carbocycles. The summed E-state index contributed by atoms with van der Waals surface area (Å²) in [6.07, 6.45) is 0.519. The Morgan fingerprint density at radius 2 is 2.07 bits per heavy atom. The molecule has 2 aromatic rings. The van der Waals surface area contributed by atoms with Gasteiger partial charge in [-0.05, 0) is 42.3 Å². The van der Waals surface area contributed by atoms with Crippen molar-refractivity contribution in [1.29, 1.82) is 0 Å². The molecule has 2 N–H and O–H groups in total. The molecule has 2 amide bonds. The number of hydrogen-bond donors (Lipinski definition) is 2. The van der Waals surface area contributed by atoms with Crippen molar-refractivity contribution >= 4 is 41.1 Å². The molecular formula is C21H19ClFN3O4. The Kier molecular flexibility index (Phi) is 6.91. The summed E-state index contributed by atoms with van der Waals surface area (Å²) >= 11 is 5.93. The molecule has 0 radical (unpaired) electrons. The SMILES string of the molecule is O=CC(CCO)NC(=O)C1CC(c2ccc(Cl)cc2)=NN(c2cccc(F)c2)C1=O. The van der Waals surface area contributed by atoms with Crippen LogP contribution >= 0.6 is 11.6 Å². The average Bonchev–Trinajstić information content (AvgIpc) is 2.74. The van der Waals surface area contributed by atoms with Crippen LogP contribution in [-0.2, 0) is 14.4 Å². The number of aliphatic hydroxyl groups is 1. The third-order valence-electron chi connectivity index (χ3n) is 4.60. The van der Waals surface area contributed by atoms with Gasteiger partial charge in [0, 0.05) is 18.1 Å². The highest BCUT2D eigenvalue weighted by molar-refractivity contribution is 6.30. The largest absolute Gasteiger partial charge is 0.396 e. The van der Waals surface area contributed by atoms with Crippen LogP contribution < -0.4 is 10.3 Å². The molecule has 1 aliphatic rings. The fraction of sp³-hybridized carbons (Fsp3) is 0.238. The van der Waals surface area contributed by atoms with E-state index < -0.39 is 29.6 Å². The predicted octanol–water partition coefficient (Wildman–Crippen LogP) is 2.30. The van der Waals surface area contributed by atoms with Crippen LogP contribution in [-0.4, -0.2) is 41.6 Å². The Morgan fingerprint density at radius 3 is 2.70 bits per heavy atom. The summed E-state index contributed by atoms with van der Waals surface area (Å²) in [6, 6.07) is 11.1. The van der Waals surface area contributed by atoms with Gasteiger partial charge in [-0.25, -0.2) is 4.39 Å². The first-order chi connectivity index (χ1) is 14.4. The molecule has 0 fully saturated rings. The van der Waals surface area contributed by atoms with Gasteiger partial charge in [0.2, 0.25) is 5.91 Å². The smallest absolute Gasteiger partial charge is 0.260 e. The van der Waals surface area contributed by atoms with Crippen LogP contribution in [0.2, 0.25) is 5.02 Å². The van der Waals surface area contributed by atoms with E-state index >= 15 is 0 Å². The molecule has 0 aromatic heterocycles. The Bertz CT molecular complexity index is 980. The number of aldehydes is 1. The number of carbonyl (C=O) groups is 3. The molecule has 0 saturated heterocycles. The van der Waals surface area contributed by atoms with Gasteiger partial charge < -0.3 is 15.2 Å². The van der Waals surface area contributed by atoms with E-state index in [-0.39, 0.29) is 25.1 Å². The molecule has 9 heteroatoms. The van der Waals surface area contributed by atoms with E-state index in [9.17, 15) is 18.8 Å². The number of anilines is 1. The fourth-order valence-electron chi connectivity index (χ4n) is 3.05. The lowest BCUT2D eigenvalue weighted by Crippen LogP contribution is -2.49. The van der Waals surface area contributed by atoms with Crippen LogP contribution in [0.1, 0.15) is 18.4 Å². The Balaban J connectivity index is 1.97. The van der Waals surface area contributed by atoms with E-state index in [2.05, 4.69) is 10.4 Å². The summed E-state index contributed by atoms with van der Waals surface area (Å²) in [5.74, 6) is -3.06. The second-order valence-corrected chi connectivity index (χ2v) is 7.14. The van der Waals surface area contributed by atoms with Crippen LogP contribution in [0.3, 0.4) is 0 Å². The normalized spacial score (nSPS) is 17.3. The number of benzene rings is 2. The van der Waals surface area contributed by atoms with Gasteiger partial charge in [0.15, 0.2) is 0 Å². The van der Waals surface area contributed by atoms with Crippen molar-refractivity contribution in [3.63, 3.8) is 0 Å². The maximum atomic E-state index is 13.7. The molecule has 0 aliphatic carbocycles. The molecule has 3 rings (SSSR count). The molecule has 0 saturated carbocycles. The zero-order valence-corrected chi connectivity index (χ0v) is 16.6. The van der Waals surface area contributed by atoms with Crippen LogP contribution in [0, 0.1) is 11.7 Å². The number of halogens is 2. The molecule has 0 spiro atoms. The minimum Gasteiger partial charge on any atom is -0.396 e. The molecule has 2 atom stereocenters. The van der Waals surface area contributed by atoms with E-state index in [0.717, 1.165) is 11.1 Å². The van der Waals surface area contributed by atoms with Crippen molar-refractivity contribution in [3.05, 3.63) is 64.9 Å². The lowest BCUT2D eigenvalue weighted by Gasteiger charge is -2.29. The second-order valence-electron chi connectivity index (χ2n) is 6.70. The van der Waals surface area contributed by atoms with E-state index in [1.807, 2.05) is 0 Å². The van der Waals surface area contributed by atoms with Gasteiger partial charge in [0.25, 0.3) is 5.91 Å². The summed E-state index contributed by atoms with van der Waals surface area (Å²) in [6.45, 7) is -0.296. The number of amides is 2. The first-order valence-corrected chi connectivity index (χ1v) is 9.60. The summed E-state index contributed by atoms with van der Waals surface area (Å²) < 4.78 is 13.7. The van der Waals surface area contributed by atoms with E-state index in [1.54, 1.807) is 24.3 Å². The highest BCUT2D eigenvalue weighted by Gasteiger charge is 2.38. The summed E-state index contributed by atoms with van der Waals surface area (Å²) in [7, 11) is 0.